The first-order valence-corrected chi connectivity index (χ1v) is 16.4. The molecule has 11 nitrogen and oxygen atoms in total. The number of carbonyl (C=O) groups excluding carboxylic acids is 1. The summed E-state index contributed by atoms with van der Waals surface area (Å²) in [6.45, 7) is 9.24. The first-order chi connectivity index (χ1) is 18.8. The molecule has 14 heteroatoms. The maximum Gasteiger partial charge on any atom is 0.411 e. The molecular formula is C26H27Cl2N5O6Si. The first kappa shape index (κ1) is 30.6. The van der Waals surface area contributed by atoms with Crippen LogP contribution < -0.4 is 21.0 Å². The monoisotopic (exact) mass is 603 g/mol. The highest BCUT2D eigenvalue weighted by atomic mass is 35.5. The van der Waals surface area contributed by atoms with Crippen LogP contribution in [0.5, 0.6) is 11.5 Å². The number of fused-ring (bicyclic) bond motifs is 1. The Morgan fingerprint density at radius 1 is 1.15 bits per heavy atom. The number of amides is 2. The maximum atomic E-state index is 12.8. The summed E-state index contributed by atoms with van der Waals surface area (Å²) in [5.41, 5.74) is 3.04. The topological polar surface area (TPSA) is 155 Å². The summed E-state index contributed by atoms with van der Waals surface area (Å²) in [6, 6.07) is 12.2. The minimum atomic E-state index is -1.63. The number of imide groups is 1. The van der Waals surface area contributed by atoms with E-state index in [4.69, 9.17) is 43.0 Å². The van der Waals surface area contributed by atoms with Crippen LogP contribution in [0, 0.1) is 18.3 Å². The van der Waals surface area contributed by atoms with Crippen LogP contribution in [0.25, 0.3) is 10.9 Å². The first-order valence-electron chi connectivity index (χ1n) is 12.0. The van der Waals surface area contributed by atoms with Crippen LogP contribution in [0.15, 0.2) is 46.3 Å². The molecule has 0 spiro atoms. The van der Waals surface area contributed by atoms with Crippen molar-refractivity contribution >= 4 is 65.6 Å². The number of carboxylic acid groups (broad SMARTS) is 1. The third-order valence-corrected chi connectivity index (χ3v) is 7.78. The lowest BCUT2D eigenvalue weighted by atomic mass is 10.1. The summed E-state index contributed by atoms with van der Waals surface area (Å²) in [5.74, 6) is -0.646. The third-order valence-electron chi connectivity index (χ3n) is 5.52. The average molecular weight is 605 g/mol. The van der Waals surface area contributed by atoms with Crippen LogP contribution in [0.3, 0.4) is 0 Å². The predicted octanol–water partition coefficient (Wildman–Crippen LogP) is 5.81. The summed E-state index contributed by atoms with van der Waals surface area (Å²) >= 11 is 12.8. The number of nitrogens with one attached hydrogen (secondary N) is 2. The molecule has 1 heterocycles. The van der Waals surface area contributed by atoms with Gasteiger partial charge in [0, 0.05) is 25.6 Å². The van der Waals surface area contributed by atoms with Crippen molar-refractivity contribution in [3.8, 4) is 17.6 Å². The standard InChI is InChI=1S/C26H27Cl2N5O6Si/c1-15-9-16-10-18(5-6-22(16)33(25(15)35)14-38-7-8-40(2,3)4)39-23-19(27)11-17(12-20(23)28)31-32-21(13-29)24(34)30-26(36)37/h5-6,9-12,31H,7-8,14H2,1-4H3,(H,30,34)(H,36,37). The molecule has 3 N–H and O–H groups in total. The molecule has 0 saturated carbocycles. The van der Waals surface area contributed by atoms with Gasteiger partial charge in [-0.2, -0.15) is 10.4 Å². The van der Waals surface area contributed by atoms with Crippen molar-refractivity contribution in [3.63, 3.8) is 0 Å². The largest absolute Gasteiger partial charge is 0.465 e. The SMILES string of the molecule is Cc1cc2cc(Oc3c(Cl)cc(NN=C(C#N)C(=O)NC(=O)O)cc3Cl)ccc2n(COCC[Si](C)(C)C)c1=O. The van der Waals surface area contributed by atoms with Crippen molar-refractivity contribution < 1.29 is 24.2 Å². The van der Waals surface area contributed by atoms with Crippen molar-refractivity contribution in [2.45, 2.75) is 39.3 Å². The van der Waals surface area contributed by atoms with Crippen LogP contribution in [-0.2, 0) is 16.3 Å². The normalized spacial score (nSPS) is 11.7. The van der Waals surface area contributed by atoms with Crippen LogP contribution in [0.2, 0.25) is 35.7 Å². The molecule has 0 radical (unpaired) electrons. The number of hydrogen-bond donors (Lipinski definition) is 3. The molecule has 0 unspecified atom stereocenters. The fourth-order valence-corrected chi connectivity index (χ4v) is 4.80. The van der Waals surface area contributed by atoms with Gasteiger partial charge in [-0.1, -0.05) is 42.8 Å². The number of rotatable bonds is 10. The van der Waals surface area contributed by atoms with E-state index >= 15 is 0 Å². The zero-order chi connectivity index (χ0) is 29.6. The Labute approximate surface area is 240 Å². The van der Waals surface area contributed by atoms with Gasteiger partial charge in [0.05, 0.1) is 21.2 Å². The van der Waals surface area contributed by atoms with Gasteiger partial charge >= 0.3 is 6.09 Å². The van der Waals surface area contributed by atoms with Gasteiger partial charge in [0.1, 0.15) is 18.5 Å². The number of nitrogens with zero attached hydrogens (tertiary/aromatic N) is 3. The molecule has 0 aliphatic heterocycles. The zero-order valence-corrected chi connectivity index (χ0v) is 24.7. The van der Waals surface area contributed by atoms with E-state index in [1.54, 1.807) is 35.8 Å². The van der Waals surface area contributed by atoms with Crippen molar-refractivity contribution in [1.29, 1.82) is 5.26 Å². The average Bonchev–Trinajstić information content (AvgIpc) is 2.85. The minimum absolute atomic E-state index is 0.0933. The number of nitriles is 1. The molecule has 3 rings (SSSR count). The predicted molar refractivity (Wildman–Crippen MR) is 156 cm³/mol. The molecule has 0 fully saturated rings. The highest BCUT2D eigenvalue weighted by Gasteiger charge is 2.16. The van der Waals surface area contributed by atoms with Crippen LogP contribution in [-0.4, -0.2) is 42.1 Å². The zero-order valence-electron chi connectivity index (χ0n) is 22.2. The number of halogens is 2. The van der Waals surface area contributed by atoms with E-state index in [0.717, 1.165) is 11.4 Å². The van der Waals surface area contributed by atoms with Gasteiger partial charge < -0.3 is 14.6 Å². The Balaban J connectivity index is 1.82. The molecule has 2 aromatic carbocycles. The number of anilines is 1. The summed E-state index contributed by atoms with van der Waals surface area (Å²) in [7, 11) is -1.26. The fraction of sp³-hybridized carbons (Fsp3) is 0.269. The lowest BCUT2D eigenvalue weighted by Gasteiger charge is -2.17. The number of hydrazone groups is 1. The number of ether oxygens (including phenoxy) is 2. The highest BCUT2D eigenvalue weighted by molar-refractivity contribution is 6.76. The van der Waals surface area contributed by atoms with Gasteiger partial charge in [-0.05, 0) is 49.4 Å². The summed E-state index contributed by atoms with van der Waals surface area (Å²) in [4.78, 5) is 35.1. The van der Waals surface area contributed by atoms with E-state index in [0.29, 0.717) is 23.4 Å². The smallest absolute Gasteiger partial charge is 0.411 e. The Bertz CT molecular complexity index is 1570. The van der Waals surface area contributed by atoms with Crippen LogP contribution >= 0.6 is 23.2 Å². The molecule has 0 bridgehead atoms. The second-order valence-electron chi connectivity index (χ2n) is 9.94. The minimum Gasteiger partial charge on any atom is -0.465 e. The fourth-order valence-electron chi connectivity index (χ4n) is 3.48. The molecule has 0 atom stereocenters. The lowest BCUT2D eigenvalue weighted by Crippen LogP contribution is -2.34. The second kappa shape index (κ2) is 13.0. The van der Waals surface area contributed by atoms with E-state index in [2.05, 4.69) is 30.2 Å². The molecule has 0 aliphatic rings. The molecule has 1 aromatic heterocycles. The number of carbonyl (C=O) groups is 2. The summed E-state index contributed by atoms with van der Waals surface area (Å²) < 4.78 is 13.4. The molecule has 2 amide bonds. The van der Waals surface area contributed by atoms with E-state index in [1.165, 1.54) is 23.5 Å². The summed E-state index contributed by atoms with van der Waals surface area (Å²) in [5, 5.41) is 23.7. The van der Waals surface area contributed by atoms with Crippen molar-refractivity contribution in [2.24, 2.45) is 5.10 Å². The Morgan fingerprint density at radius 2 is 1.82 bits per heavy atom. The molecule has 0 aliphatic carbocycles. The van der Waals surface area contributed by atoms with Gasteiger partial charge in [0.25, 0.3) is 11.5 Å². The van der Waals surface area contributed by atoms with Gasteiger partial charge in [-0.15, -0.1) is 0 Å². The number of hydrogen-bond acceptors (Lipinski definition) is 8. The number of aryl methyl sites for hydroxylation is 1. The van der Waals surface area contributed by atoms with E-state index < -0.39 is 25.8 Å². The van der Waals surface area contributed by atoms with Crippen LogP contribution in [0.4, 0.5) is 10.5 Å². The van der Waals surface area contributed by atoms with Crippen LogP contribution in [0.1, 0.15) is 5.56 Å². The van der Waals surface area contributed by atoms with Gasteiger partial charge in [-0.25, -0.2) is 4.79 Å². The Morgan fingerprint density at radius 3 is 2.42 bits per heavy atom. The number of aromatic nitrogens is 1. The van der Waals surface area contributed by atoms with E-state index in [-0.39, 0.29) is 33.8 Å². The molecule has 40 heavy (non-hydrogen) atoms. The van der Waals surface area contributed by atoms with Gasteiger partial charge in [-0.3, -0.25) is 24.9 Å². The van der Waals surface area contributed by atoms with Gasteiger partial charge in [0.15, 0.2) is 5.75 Å². The van der Waals surface area contributed by atoms with Crippen molar-refractivity contribution in [1.82, 2.24) is 9.88 Å². The third kappa shape index (κ3) is 8.06. The molecule has 0 saturated heterocycles. The maximum absolute atomic E-state index is 12.8. The second-order valence-corrected chi connectivity index (χ2v) is 16.4. The van der Waals surface area contributed by atoms with Crippen molar-refractivity contribution in [3.05, 3.63) is 62.4 Å². The Kier molecular flexibility index (Phi) is 9.94. The van der Waals surface area contributed by atoms with E-state index in [1.807, 2.05) is 0 Å². The molecule has 3 aromatic rings. The molecule has 210 valence electrons. The van der Waals surface area contributed by atoms with Crippen molar-refractivity contribution in [2.75, 3.05) is 12.0 Å². The highest BCUT2D eigenvalue weighted by Crippen LogP contribution is 2.39. The quantitative estimate of drug-likeness (QED) is 0.113. The van der Waals surface area contributed by atoms with E-state index in [9.17, 15) is 14.4 Å². The number of benzene rings is 2. The Hall–Kier alpha value is -3.89. The molecular weight excluding hydrogens is 577 g/mol. The van der Waals surface area contributed by atoms with Gasteiger partial charge in [0.2, 0.25) is 5.71 Å². The summed E-state index contributed by atoms with van der Waals surface area (Å²) in [6.07, 6.45) is -1.63. The number of pyridine rings is 1. The lowest BCUT2D eigenvalue weighted by molar-refractivity contribution is -0.114.